The van der Waals surface area contributed by atoms with Crippen LogP contribution in [0, 0.1) is 12.8 Å². The van der Waals surface area contributed by atoms with E-state index in [4.69, 9.17) is 14.2 Å². The number of hydrogen-bond acceptors (Lipinski definition) is 6. The molecule has 1 aliphatic heterocycles. The van der Waals surface area contributed by atoms with Crippen LogP contribution in [0.5, 0.6) is 11.5 Å². The Bertz CT molecular complexity index is 1070. The number of ether oxygens (including phenoxy) is 3. The van der Waals surface area contributed by atoms with Crippen molar-refractivity contribution in [1.82, 2.24) is 5.32 Å². The van der Waals surface area contributed by atoms with E-state index in [1.165, 1.54) is 7.11 Å². The average Bonchev–Trinajstić information content (AvgIpc) is 2.81. The second kappa shape index (κ2) is 10.8. The normalized spacial score (nSPS) is 18.1. The topological polar surface area (TPSA) is 94.2 Å². The number of carbonyl (C=O) groups excluding carboxylic acids is 3. The van der Waals surface area contributed by atoms with Gasteiger partial charge in [0.25, 0.3) is 5.91 Å². The molecular formula is C27H34N2O6. The highest BCUT2D eigenvalue weighted by Gasteiger charge is 2.42. The zero-order chi connectivity index (χ0) is 25.8. The van der Waals surface area contributed by atoms with Gasteiger partial charge in [-0.15, -0.1) is 0 Å². The molecule has 3 rings (SSSR count). The summed E-state index contributed by atoms with van der Waals surface area (Å²) in [5, 5.41) is 2.78. The molecule has 0 aliphatic carbocycles. The third-order valence-electron chi connectivity index (χ3n) is 5.82. The van der Waals surface area contributed by atoms with E-state index < -0.39 is 23.5 Å². The number of piperidine rings is 1. The smallest absolute Gasteiger partial charge is 0.311 e. The standard InChI is InChI=1S/C27H34N2O6/c1-17-7-10-19(11-8-17)29-24(31)14-12-20(26(32)35-16-23(30)28-27(2,3)4)25(29)18-9-13-21(33-5)22(15-18)34-6/h7-11,13,15,20,25H,12,14,16H2,1-6H3,(H,28,30)/t20-,25+/m0/s1. The number of esters is 1. The van der Waals surface area contributed by atoms with E-state index >= 15 is 0 Å². The summed E-state index contributed by atoms with van der Waals surface area (Å²) < 4.78 is 16.3. The molecule has 8 heteroatoms. The van der Waals surface area contributed by atoms with Crippen LogP contribution in [0.25, 0.3) is 0 Å². The quantitative estimate of drug-likeness (QED) is 0.601. The Labute approximate surface area is 206 Å². The SMILES string of the molecule is COc1ccc([C@@H]2[C@@H](C(=O)OCC(=O)NC(C)(C)C)CCC(=O)N2c2ccc(C)cc2)cc1OC. The van der Waals surface area contributed by atoms with Crippen molar-refractivity contribution in [3.63, 3.8) is 0 Å². The molecule has 0 radical (unpaired) electrons. The van der Waals surface area contributed by atoms with Crippen LogP contribution in [0.2, 0.25) is 0 Å². The van der Waals surface area contributed by atoms with Crippen molar-refractivity contribution in [3.05, 3.63) is 53.6 Å². The molecular weight excluding hydrogens is 448 g/mol. The predicted octanol–water partition coefficient (Wildman–Crippen LogP) is 3.95. The molecule has 0 saturated carbocycles. The maximum atomic E-state index is 13.3. The number of methoxy groups -OCH3 is 2. The van der Waals surface area contributed by atoms with Crippen LogP contribution in [0.15, 0.2) is 42.5 Å². The Morgan fingerprint density at radius 3 is 2.29 bits per heavy atom. The highest BCUT2D eigenvalue weighted by atomic mass is 16.5. The lowest BCUT2D eigenvalue weighted by atomic mass is 9.83. The highest BCUT2D eigenvalue weighted by molar-refractivity contribution is 5.97. The van der Waals surface area contributed by atoms with E-state index in [0.29, 0.717) is 29.2 Å². The van der Waals surface area contributed by atoms with Gasteiger partial charge in [0.05, 0.1) is 26.2 Å². The fraction of sp³-hybridized carbons (Fsp3) is 0.444. The summed E-state index contributed by atoms with van der Waals surface area (Å²) in [6.07, 6.45) is 0.492. The van der Waals surface area contributed by atoms with Crippen molar-refractivity contribution in [2.45, 2.75) is 52.1 Å². The lowest BCUT2D eigenvalue weighted by Crippen LogP contribution is -2.47. The predicted molar refractivity (Wildman–Crippen MR) is 133 cm³/mol. The minimum Gasteiger partial charge on any atom is -0.493 e. The van der Waals surface area contributed by atoms with Crippen molar-refractivity contribution >= 4 is 23.5 Å². The van der Waals surface area contributed by atoms with Gasteiger partial charge in [0, 0.05) is 17.6 Å². The van der Waals surface area contributed by atoms with Crippen LogP contribution in [-0.2, 0) is 19.1 Å². The molecule has 1 aliphatic rings. The molecule has 35 heavy (non-hydrogen) atoms. The van der Waals surface area contributed by atoms with Gasteiger partial charge in [0.15, 0.2) is 18.1 Å². The van der Waals surface area contributed by atoms with Crippen LogP contribution in [0.4, 0.5) is 5.69 Å². The second-order valence-corrected chi connectivity index (χ2v) is 9.71. The molecule has 188 valence electrons. The molecule has 2 aromatic carbocycles. The van der Waals surface area contributed by atoms with E-state index in [1.54, 1.807) is 24.1 Å². The zero-order valence-electron chi connectivity index (χ0n) is 21.2. The maximum Gasteiger partial charge on any atom is 0.311 e. The minimum atomic E-state index is -0.672. The molecule has 0 bridgehead atoms. The number of benzene rings is 2. The van der Waals surface area contributed by atoms with Gasteiger partial charge in [-0.05, 0) is 63.9 Å². The van der Waals surface area contributed by atoms with Crippen LogP contribution in [-0.4, -0.2) is 44.1 Å². The Morgan fingerprint density at radius 1 is 1.03 bits per heavy atom. The van der Waals surface area contributed by atoms with Gasteiger partial charge in [-0.3, -0.25) is 14.4 Å². The van der Waals surface area contributed by atoms with Crippen LogP contribution in [0.1, 0.15) is 50.8 Å². The highest BCUT2D eigenvalue weighted by Crippen LogP contribution is 2.42. The van der Waals surface area contributed by atoms with Gasteiger partial charge >= 0.3 is 5.97 Å². The number of carbonyl (C=O) groups is 3. The van der Waals surface area contributed by atoms with Crippen molar-refractivity contribution in [1.29, 1.82) is 0 Å². The average molecular weight is 483 g/mol. The van der Waals surface area contributed by atoms with Crippen LogP contribution < -0.4 is 19.7 Å². The molecule has 1 fully saturated rings. The summed E-state index contributed by atoms with van der Waals surface area (Å²) in [6.45, 7) is 7.14. The number of nitrogens with one attached hydrogen (secondary N) is 1. The number of aryl methyl sites for hydroxylation is 1. The second-order valence-electron chi connectivity index (χ2n) is 9.71. The van der Waals surface area contributed by atoms with Gasteiger partial charge in [0.1, 0.15) is 0 Å². The molecule has 2 amide bonds. The van der Waals surface area contributed by atoms with Crippen molar-refractivity contribution < 1.29 is 28.6 Å². The first kappa shape index (κ1) is 26.1. The number of anilines is 1. The molecule has 1 heterocycles. The summed E-state index contributed by atoms with van der Waals surface area (Å²) >= 11 is 0. The van der Waals surface area contributed by atoms with Gasteiger partial charge in [-0.25, -0.2) is 0 Å². The van der Waals surface area contributed by atoms with E-state index in [9.17, 15) is 14.4 Å². The molecule has 2 aromatic rings. The molecule has 1 saturated heterocycles. The largest absolute Gasteiger partial charge is 0.493 e. The lowest BCUT2D eigenvalue weighted by Gasteiger charge is -2.40. The monoisotopic (exact) mass is 482 g/mol. The van der Waals surface area contributed by atoms with Crippen molar-refractivity contribution in [2.24, 2.45) is 5.92 Å². The fourth-order valence-corrected chi connectivity index (χ4v) is 4.27. The third-order valence-corrected chi connectivity index (χ3v) is 5.82. The number of hydrogen-bond donors (Lipinski definition) is 1. The first-order chi connectivity index (χ1) is 16.5. The summed E-state index contributed by atoms with van der Waals surface area (Å²) in [7, 11) is 3.08. The van der Waals surface area contributed by atoms with Crippen LogP contribution >= 0.6 is 0 Å². The fourth-order valence-electron chi connectivity index (χ4n) is 4.27. The Morgan fingerprint density at radius 2 is 1.69 bits per heavy atom. The van der Waals surface area contributed by atoms with Gasteiger partial charge in [-0.1, -0.05) is 23.8 Å². The van der Waals surface area contributed by atoms with Gasteiger partial charge < -0.3 is 24.4 Å². The van der Waals surface area contributed by atoms with E-state index in [1.807, 2.05) is 58.0 Å². The van der Waals surface area contributed by atoms with Crippen LogP contribution in [0.3, 0.4) is 0 Å². The molecule has 1 N–H and O–H groups in total. The first-order valence-corrected chi connectivity index (χ1v) is 11.6. The molecule has 0 spiro atoms. The van der Waals surface area contributed by atoms with E-state index in [0.717, 1.165) is 5.56 Å². The zero-order valence-corrected chi connectivity index (χ0v) is 21.2. The molecule has 0 unspecified atom stereocenters. The van der Waals surface area contributed by atoms with E-state index in [2.05, 4.69) is 5.32 Å². The number of nitrogens with zero attached hydrogens (tertiary/aromatic N) is 1. The molecule has 0 aromatic heterocycles. The number of amides is 2. The van der Waals surface area contributed by atoms with Gasteiger partial charge in [-0.2, -0.15) is 0 Å². The maximum absolute atomic E-state index is 13.3. The third kappa shape index (κ3) is 6.32. The molecule has 8 nitrogen and oxygen atoms in total. The lowest BCUT2D eigenvalue weighted by molar-refractivity contribution is -0.155. The summed E-state index contributed by atoms with van der Waals surface area (Å²) in [5.41, 5.74) is 2.01. The van der Waals surface area contributed by atoms with Crippen molar-refractivity contribution in [2.75, 3.05) is 25.7 Å². The summed E-state index contributed by atoms with van der Waals surface area (Å²) in [6, 6.07) is 12.3. The van der Waals surface area contributed by atoms with Gasteiger partial charge in [0.2, 0.25) is 5.91 Å². The minimum absolute atomic E-state index is 0.0943. The van der Waals surface area contributed by atoms with Crippen molar-refractivity contribution in [3.8, 4) is 11.5 Å². The number of rotatable bonds is 7. The molecule has 2 atom stereocenters. The Hall–Kier alpha value is -3.55. The van der Waals surface area contributed by atoms with E-state index in [-0.39, 0.29) is 24.8 Å². The Balaban J connectivity index is 1.98. The summed E-state index contributed by atoms with van der Waals surface area (Å²) in [4.78, 5) is 40.3. The first-order valence-electron chi connectivity index (χ1n) is 11.6. The summed E-state index contributed by atoms with van der Waals surface area (Å²) in [5.74, 6) is -0.645. The Kier molecular flexibility index (Phi) is 8.04.